The summed E-state index contributed by atoms with van der Waals surface area (Å²) in [5.74, 6) is 0.599. The number of nitrogens with zero attached hydrogens (tertiary/aromatic N) is 2. The van der Waals surface area contributed by atoms with Crippen LogP contribution < -0.4 is 19.1 Å². The number of hydrogen-bond acceptors (Lipinski definition) is 6. The molecule has 1 atom stereocenters. The topological polar surface area (TPSA) is 105 Å². The first-order valence-electron chi connectivity index (χ1n) is 14.1. The molecule has 0 fully saturated rings. The molecular formula is C32H41N3O6S. The predicted molar refractivity (Wildman–Crippen MR) is 165 cm³/mol. The van der Waals surface area contributed by atoms with Crippen molar-refractivity contribution < 1.29 is 27.5 Å². The highest BCUT2D eigenvalue weighted by molar-refractivity contribution is 7.92. The molecule has 0 aromatic heterocycles. The highest BCUT2D eigenvalue weighted by atomic mass is 32.2. The molecule has 0 unspecified atom stereocenters. The number of benzene rings is 3. The second-order valence-corrected chi connectivity index (χ2v) is 11.7. The molecule has 0 aliphatic carbocycles. The minimum Gasteiger partial charge on any atom is -0.497 e. The zero-order valence-electron chi connectivity index (χ0n) is 24.8. The molecule has 3 aromatic carbocycles. The number of anilines is 1. The number of likely N-dealkylation sites (N-methyl/N-ethyl adjacent to an activating group) is 1. The lowest BCUT2D eigenvalue weighted by molar-refractivity contribution is -0.141. The van der Waals surface area contributed by atoms with Crippen LogP contribution in [0.4, 0.5) is 5.69 Å². The summed E-state index contributed by atoms with van der Waals surface area (Å²) < 4.78 is 37.9. The smallest absolute Gasteiger partial charge is 0.243 e. The molecular weight excluding hydrogens is 554 g/mol. The summed E-state index contributed by atoms with van der Waals surface area (Å²) in [6.45, 7) is 4.74. The molecule has 2 amide bonds. The molecule has 0 saturated heterocycles. The van der Waals surface area contributed by atoms with Crippen LogP contribution >= 0.6 is 0 Å². The summed E-state index contributed by atoms with van der Waals surface area (Å²) in [4.78, 5) is 28.9. The van der Waals surface area contributed by atoms with E-state index in [1.54, 1.807) is 36.3 Å². The Kier molecular flexibility index (Phi) is 12.2. The monoisotopic (exact) mass is 595 g/mol. The van der Waals surface area contributed by atoms with E-state index in [-0.39, 0.29) is 37.7 Å². The van der Waals surface area contributed by atoms with Crippen LogP contribution in [0.3, 0.4) is 0 Å². The lowest BCUT2D eigenvalue weighted by atomic mass is 10.0. The summed E-state index contributed by atoms with van der Waals surface area (Å²) in [5.41, 5.74) is 2.16. The van der Waals surface area contributed by atoms with E-state index in [0.717, 1.165) is 17.4 Å². The van der Waals surface area contributed by atoms with Crippen molar-refractivity contribution in [2.24, 2.45) is 0 Å². The maximum atomic E-state index is 13.9. The predicted octanol–water partition coefficient (Wildman–Crippen LogP) is 4.42. The van der Waals surface area contributed by atoms with Gasteiger partial charge in [0.15, 0.2) is 0 Å². The molecule has 0 saturated carbocycles. The third-order valence-corrected chi connectivity index (χ3v) is 7.88. The summed E-state index contributed by atoms with van der Waals surface area (Å²) in [6.07, 6.45) is 1.75. The Morgan fingerprint density at radius 3 is 2.29 bits per heavy atom. The third-order valence-electron chi connectivity index (χ3n) is 6.70. The van der Waals surface area contributed by atoms with E-state index in [9.17, 15) is 18.0 Å². The highest BCUT2D eigenvalue weighted by Crippen LogP contribution is 2.30. The summed E-state index contributed by atoms with van der Waals surface area (Å²) in [7, 11) is -2.09. The Labute approximate surface area is 249 Å². The van der Waals surface area contributed by atoms with E-state index in [4.69, 9.17) is 9.47 Å². The van der Waals surface area contributed by atoms with Crippen LogP contribution in [0, 0.1) is 0 Å². The Balaban J connectivity index is 1.89. The molecule has 0 spiro atoms. The van der Waals surface area contributed by atoms with Gasteiger partial charge in [0.1, 0.15) is 17.5 Å². The van der Waals surface area contributed by atoms with Crippen molar-refractivity contribution in [1.82, 2.24) is 10.2 Å². The maximum absolute atomic E-state index is 13.9. The first-order valence-corrected chi connectivity index (χ1v) is 16.0. The molecule has 3 rings (SSSR count). The lowest BCUT2D eigenvalue weighted by Gasteiger charge is -2.32. The molecule has 3 aromatic rings. The maximum Gasteiger partial charge on any atom is 0.243 e. The molecule has 0 radical (unpaired) electrons. The van der Waals surface area contributed by atoms with E-state index >= 15 is 0 Å². The largest absolute Gasteiger partial charge is 0.497 e. The van der Waals surface area contributed by atoms with E-state index in [1.807, 2.05) is 68.4 Å². The van der Waals surface area contributed by atoms with Crippen LogP contribution in [0.5, 0.6) is 11.5 Å². The number of sulfonamides is 1. The molecule has 0 bridgehead atoms. The second-order valence-electron chi connectivity index (χ2n) is 9.81. The second kappa shape index (κ2) is 15.8. The van der Waals surface area contributed by atoms with Crippen molar-refractivity contribution in [3.05, 3.63) is 90.0 Å². The molecule has 226 valence electrons. The third kappa shape index (κ3) is 9.24. The number of methoxy groups -OCH3 is 1. The van der Waals surface area contributed by atoms with Gasteiger partial charge in [0.2, 0.25) is 21.8 Å². The van der Waals surface area contributed by atoms with E-state index in [0.29, 0.717) is 36.8 Å². The average Bonchev–Trinajstić information content (AvgIpc) is 2.98. The normalized spacial score (nSPS) is 11.8. The van der Waals surface area contributed by atoms with Gasteiger partial charge in [0.25, 0.3) is 0 Å². The fraction of sp³-hybridized carbons (Fsp3) is 0.375. The van der Waals surface area contributed by atoms with Gasteiger partial charge in [-0.2, -0.15) is 0 Å². The molecule has 0 heterocycles. The van der Waals surface area contributed by atoms with Gasteiger partial charge >= 0.3 is 0 Å². The van der Waals surface area contributed by atoms with Gasteiger partial charge < -0.3 is 19.7 Å². The van der Waals surface area contributed by atoms with Gasteiger partial charge in [0.05, 0.1) is 25.7 Å². The Hall–Kier alpha value is -4.05. The standard InChI is InChI=1S/C32H41N3O6S/c1-5-33-32(37)29(23-25-14-8-7-9-15-25)34(24-26-16-12-17-27(22-26)40-3)31(36)20-13-21-35(42(4,38)39)28-18-10-11-19-30(28)41-6-2/h7-12,14-19,22,29H,5-6,13,20-21,23-24H2,1-4H3,(H,33,37)/t29-/m0/s1. The number of nitrogens with one attached hydrogen (secondary N) is 1. The van der Waals surface area contributed by atoms with Crippen LogP contribution in [-0.4, -0.2) is 64.2 Å². The van der Waals surface area contributed by atoms with Gasteiger partial charge in [-0.25, -0.2) is 8.42 Å². The zero-order valence-corrected chi connectivity index (χ0v) is 25.6. The molecule has 1 N–H and O–H groups in total. The number of rotatable bonds is 16. The fourth-order valence-corrected chi connectivity index (χ4v) is 5.71. The highest BCUT2D eigenvalue weighted by Gasteiger charge is 2.30. The van der Waals surface area contributed by atoms with Gasteiger partial charge in [-0.3, -0.25) is 13.9 Å². The first kappa shape index (κ1) is 32.5. The lowest BCUT2D eigenvalue weighted by Crippen LogP contribution is -2.50. The van der Waals surface area contributed by atoms with Crippen LogP contribution in [-0.2, 0) is 32.6 Å². The summed E-state index contributed by atoms with van der Waals surface area (Å²) in [5, 5.41) is 2.88. The minimum absolute atomic E-state index is 0.0392. The Bertz CT molecular complexity index is 1410. The van der Waals surface area contributed by atoms with Crippen molar-refractivity contribution in [2.45, 2.75) is 45.7 Å². The number of para-hydroxylation sites is 2. The Morgan fingerprint density at radius 2 is 1.62 bits per heavy atom. The van der Waals surface area contributed by atoms with Crippen LogP contribution in [0.15, 0.2) is 78.9 Å². The number of amides is 2. The van der Waals surface area contributed by atoms with Crippen LogP contribution in [0.2, 0.25) is 0 Å². The average molecular weight is 596 g/mol. The zero-order chi connectivity index (χ0) is 30.5. The fourth-order valence-electron chi connectivity index (χ4n) is 4.74. The molecule has 10 heteroatoms. The first-order chi connectivity index (χ1) is 20.2. The van der Waals surface area contributed by atoms with Crippen molar-refractivity contribution in [3.63, 3.8) is 0 Å². The van der Waals surface area contributed by atoms with E-state index < -0.39 is 16.1 Å². The quantitative estimate of drug-likeness (QED) is 0.263. The molecule has 0 aliphatic rings. The SMILES string of the molecule is CCNC(=O)[C@H](Cc1ccccc1)N(Cc1cccc(OC)c1)C(=O)CCCN(c1ccccc1OCC)S(C)(=O)=O. The van der Waals surface area contributed by atoms with Gasteiger partial charge in [0, 0.05) is 32.5 Å². The van der Waals surface area contributed by atoms with Gasteiger partial charge in [-0.15, -0.1) is 0 Å². The van der Waals surface area contributed by atoms with E-state index in [1.165, 1.54) is 4.31 Å². The van der Waals surface area contributed by atoms with Crippen molar-refractivity contribution in [1.29, 1.82) is 0 Å². The number of ether oxygens (including phenoxy) is 2. The van der Waals surface area contributed by atoms with Crippen molar-refractivity contribution >= 4 is 27.5 Å². The number of carbonyl (C=O) groups excluding carboxylic acids is 2. The van der Waals surface area contributed by atoms with E-state index in [2.05, 4.69) is 5.32 Å². The summed E-state index contributed by atoms with van der Waals surface area (Å²) in [6, 6.07) is 23.1. The molecule has 9 nitrogen and oxygen atoms in total. The minimum atomic E-state index is -3.66. The van der Waals surface area contributed by atoms with Gasteiger partial charge in [-0.1, -0.05) is 54.6 Å². The van der Waals surface area contributed by atoms with Crippen molar-refractivity contribution in [3.8, 4) is 11.5 Å². The molecule has 42 heavy (non-hydrogen) atoms. The summed E-state index contributed by atoms with van der Waals surface area (Å²) >= 11 is 0. The number of carbonyl (C=O) groups is 2. The van der Waals surface area contributed by atoms with Crippen LogP contribution in [0.1, 0.15) is 37.8 Å². The Morgan fingerprint density at radius 1 is 0.929 bits per heavy atom. The van der Waals surface area contributed by atoms with Crippen LogP contribution in [0.25, 0.3) is 0 Å². The van der Waals surface area contributed by atoms with Crippen molar-refractivity contribution in [2.75, 3.05) is 37.4 Å². The number of hydrogen-bond donors (Lipinski definition) is 1. The van der Waals surface area contributed by atoms with Gasteiger partial charge in [-0.05, 0) is 55.7 Å². The molecule has 0 aliphatic heterocycles.